The largest absolute Gasteiger partial charge is 0.292 e. The number of fused-ring (bicyclic) bond motifs is 1. The standard InChI is InChI=1S/C24H24F2N4OS/c1-3-4-22-13-28-24(14-27-22)29-32(31)23-6-5-17-7-8-30(15-19(17)11-23)16(2)18-9-20(25)12-21(26)10-18/h3-6,9-14,16H,7-8,15H2,1-2H3,(H,28,29)/b4-3+. The van der Waals surface area contributed by atoms with Crippen LogP contribution in [-0.2, 0) is 24.0 Å². The van der Waals surface area contributed by atoms with Crippen LogP contribution in [0.25, 0.3) is 6.08 Å². The topological polar surface area (TPSA) is 58.1 Å². The van der Waals surface area contributed by atoms with E-state index in [0.717, 1.165) is 30.3 Å². The minimum Gasteiger partial charge on any atom is -0.292 e. The quantitative estimate of drug-likeness (QED) is 0.567. The van der Waals surface area contributed by atoms with Crippen molar-refractivity contribution in [3.8, 4) is 0 Å². The number of nitrogens with zero attached hydrogens (tertiary/aromatic N) is 3. The van der Waals surface area contributed by atoms with Crippen molar-refractivity contribution in [3.63, 3.8) is 0 Å². The van der Waals surface area contributed by atoms with E-state index in [1.54, 1.807) is 12.4 Å². The van der Waals surface area contributed by atoms with Gasteiger partial charge in [-0.25, -0.2) is 18.0 Å². The van der Waals surface area contributed by atoms with Gasteiger partial charge in [-0.05, 0) is 67.3 Å². The lowest BCUT2D eigenvalue weighted by Crippen LogP contribution is -2.33. The molecule has 0 spiro atoms. The van der Waals surface area contributed by atoms with Gasteiger partial charge in [-0.2, -0.15) is 0 Å². The summed E-state index contributed by atoms with van der Waals surface area (Å²) in [5, 5.41) is 0. The predicted molar refractivity (Wildman–Crippen MR) is 122 cm³/mol. The summed E-state index contributed by atoms with van der Waals surface area (Å²) in [7, 11) is -1.50. The van der Waals surface area contributed by atoms with Crippen LogP contribution >= 0.6 is 0 Å². The van der Waals surface area contributed by atoms with Crippen molar-refractivity contribution < 1.29 is 13.0 Å². The molecular weight excluding hydrogens is 430 g/mol. The molecule has 8 heteroatoms. The average Bonchev–Trinajstić information content (AvgIpc) is 2.78. The van der Waals surface area contributed by atoms with E-state index in [-0.39, 0.29) is 6.04 Å². The van der Waals surface area contributed by atoms with Crippen LogP contribution in [0, 0.1) is 11.6 Å². The molecule has 2 aromatic carbocycles. The van der Waals surface area contributed by atoms with Crippen molar-refractivity contribution in [2.45, 2.75) is 37.8 Å². The van der Waals surface area contributed by atoms with Crippen molar-refractivity contribution in [1.82, 2.24) is 14.9 Å². The van der Waals surface area contributed by atoms with Gasteiger partial charge in [0.1, 0.15) is 11.6 Å². The van der Waals surface area contributed by atoms with E-state index in [4.69, 9.17) is 0 Å². The minimum absolute atomic E-state index is 0.147. The van der Waals surface area contributed by atoms with Crippen LogP contribution in [0.2, 0.25) is 0 Å². The Labute approximate surface area is 188 Å². The average molecular weight is 455 g/mol. The number of hydrogen-bond donors (Lipinski definition) is 1. The Balaban J connectivity index is 1.48. The molecule has 2 heterocycles. The van der Waals surface area contributed by atoms with Gasteiger partial charge >= 0.3 is 0 Å². The van der Waals surface area contributed by atoms with Crippen LogP contribution in [0.1, 0.15) is 42.3 Å². The summed E-state index contributed by atoms with van der Waals surface area (Å²) in [5.41, 5.74) is 3.58. The maximum atomic E-state index is 13.7. The molecule has 2 atom stereocenters. The summed E-state index contributed by atoms with van der Waals surface area (Å²) in [6.45, 7) is 5.23. The van der Waals surface area contributed by atoms with Gasteiger partial charge in [-0.3, -0.25) is 14.6 Å². The normalized spacial score (nSPS) is 16.0. The van der Waals surface area contributed by atoms with Crippen molar-refractivity contribution >= 4 is 22.9 Å². The van der Waals surface area contributed by atoms with E-state index in [1.807, 2.05) is 44.2 Å². The third-order valence-electron chi connectivity index (χ3n) is 5.56. The Morgan fingerprint density at radius 1 is 1.09 bits per heavy atom. The highest BCUT2D eigenvalue weighted by Gasteiger charge is 2.23. The van der Waals surface area contributed by atoms with Crippen LogP contribution in [0.15, 0.2) is 59.8 Å². The Morgan fingerprint density at radius 3 is 2.56 bits per heavy atom. The van der Waals surface area contributed by atoms with Crippen molar-refractivity contribution in [1.29, 1.82) is 0 Å². The summed E-state index contributed by atoms with van der Waals surface area (Å²) >= 11 is 0. The molecule has 0 radical (unpaired) electrons. The van der Waals surface area contributed by atoms with Crippen molar-refractivity contribution in [2.75, 3.05) is 11.3 Å². The molecule has 1 aromatic heterocycles. The molecule has 1 N–H and O–H groups in total. The highest BCUT2D eigenvalue weighted by atomic mass is 32.2. The van der Waals surface area contributed by atoms with Gasteiger partial charge in [0.25, 0.3) is 0 Å². The molecule has 5 nitrogen and oxygen atoms in total. The van der Waals surface area contributed by atoms with Gasteiger partial charge in [0.2, 0.25) is 0 Å². The first-order chi connectivity index (χ1) is 15.4. The molecule has 1 aliphatic rings. The Hall–Kier alpha value is -2.97. The first kappa shape index (κ1) is 22.2. The van der Waals surface area contributed by atoms with E-state index in [1.165, 1.54) is 17.7 Å². The number of nitrogens with one attached hydrogen (secondary N) is 1. The van der Waals surface area contributed by atoms with E-state index in [9.17, 15) is 13.0 Å². The van der Waals surface area contributed by atoms with Gasteiger partial charge in [0, 0.05) is 25.2 Å². The number of anilines is 1. The third kappa shape index (κ3) is 5.08. The molecule has 0 aliphatic carbocycles. The van der Waals surface area contributed by atoms with Crippen LogP contribution in [0.5, 0.6) is 0 Å². The number of aromatic nitrogens is 2. The van der Waals surface area contributed by atoms with Gasteiger partial charge in [-0.1, -0.05) is 12.1 Å². The number of rotatable bonds is 6. The van der Waals surface area contributed by atoms with Gasteiger partial charge in [-0.15, -0.1) is 0 Å². The fourth-order valence-electron chi connectivity index (χ4n) is 3.83. The molecule has 0 amide bonds. The molecular formula is C24H24F2N4OS. The second-order valence-electron chi connectivity index (χ2n) is 7.73. The molecule has 166 valence electrons. The molecule has 0 saturated carbocycles. The van der Waals surface area contributed by atoms with Crippen molar-refractivity contribution in [3.05, 3.63) is 88.9 Å². The highest BCUT2D eigenvalue weighted by molar-refractivity contribution is 7.86. The molecule has 0 fully saturated rings. The maximum Gasteiger partial charge on any atom is 0.156 e. The maximum absolute atomic E-state index is 13.7. The lowest BCUT2D eigenvalue weighted by Gasteiger charge is -2.34. The lowest BCUT2D eigenvalue weighted by atomic mass is 9.97. The van der Waals surface area contributed by atoms with Crippen LogP contribution in [-0.4, -0.2) is 25.6 Å². The number of allylic oxidation sites excluding steroid dienone is 1. The Kier molecular flexibility index (Phi) is 6.72. The molecule has 2 unspecified atom stereocenters. The predicted octanol–water partition coefficient (Wildman–Crippen LogP) is 5.04. The molecule has 4 rings (SSSR count). The third-order valence-corrected chi connectivity index (χ3v) is 6.63. The smallest absolute Gasteiger partial charge is 0.156 e. The number of halogens is 2. The van der Waals surface area contributed by atoms with Gasteiger partial charge in [0.15, 0.2) is 16.8 Å². The summed E-state index contributed by atoms with van der Waals surface area (Å²) in [6, 6.07) is 9.26. The van der Waals surface area contributed by atoms with Gasteiger partial charge in [0.05, 0.1) is 23.0 Å². The van der Waals surface area contributed by atoms with Gasteiger partial charge < -0.3 is 0 Å². The molecule has 3 aromatic rings. The number of benzene rings is 2. The summed E-state index contributed by atoms with van der Waals surface area (Å²) in [6.07, 6.45) is 7.68. The van der Waals surface area contributed by atoms with Crippen molar-refractivity contribution in [2.24, 2.45) is 0 Å². The Bertz CT molecular complexity index is 1150. The first-order valence-electron chi connectivity index (χ1n) is 10.4. The van der Waals surface area contributed by atoms with E-state index in [2.05, 4.69) is 19.6 Å². The van der Waals surface area contributed by atoms with E-state index >= 15 is 0 Å². The zero-order valence-corrected chi connectivity index (χ0v) is 18.7. The van der Waals surface area contributed by atoms with Crippen LogP contribution in [0.4, 0.5) is 14.6 Å². The number of hydrogen-bond acceptors (Lipinski definition) is 4. The fourth-order valence-corrected chi connectivity index (χ4v) is 4.68. The SMILES string of the molecule is C/C=C/c1cnc(NS(=O)c2ccc3c(c2)CN(C(C)c2cc(F)cc(F)c2)CC3)cn1. The summed E-state index contributed by atoms with van der Waals surface area (Å²) in [5.74, 6) is -0.720. The summed E-state index contributed by atoms with van der Waals surface area (Å²) < 4.78 is 43.1. The highest BCUT2D eigenvalue weighted by Crippen LogP contribution is 2.29. The second-order valence-corrected chi connectivity index (χ2v) is 8.94. The summed E-state index contributed by atoms with van der Waals surface area (Å²) in [4.78, 5) is 11.3. The zero-order chi connectivity index (χ0) is 22.7. The fraction of sp³-hybridized carbons (Fsp3) is 0.250. The Morgan fingerprint density at radius 2 is 1.88 bits per heavy atom. The molecule has 32 heavy (non-hydrogen) atoms. The molecule has 0 saturated heterocycles. The van der Waals surface area contributed by atoms with E-state index in [0.29, 0.717) is 22.8 Å². The zero-order valence-electron chi connectivity index (χ0n) is 17.9. The lowest BCUT2D eigenvalue weighted by molar-refractivity contribution is 0.191. The van der Waals surface area contributed by atoms with E-state index < -0.39 is 22.6 Å². The first-order valence-corrected chi connectivity index (χ1v) is 11.5. The second kappa shape index (κ2) is 9.67. The monoisotopic (exact) mass is 454 g/mol. The minimum atomic E-state index is -1.50. The molecule has 0 bridgehead atoms. The van der Waals surface area contributed by atoms with Crippen LogP contribution in [0.3, 0.4) is 0 Å². The molecule has 1 aliphatic heterocycles. The van der Waals surface area contributed by atoms with Crippen LogP contribution < -0.4 is 4.72 Å².